The first-order valence-electron chi connectivity index (χ1n) is 6.49. The normalized spacial score (nSPS) is 16.9. The molecule has 0 saturated carbocycles. The highest BCUT2D eigenvalue weighted by Crippen LogP contribution is 2.18. The quantitative estimate of drug-likeness (QED) is 0.793. The van der Waals surface area contributed by atoms with Gasteiger partial charge in [0.15, 0.2) is 0 Å². The van der Waals surface area contributed by atoms with Crippen LogP contribution in [0.1, 0.15) is 20.7 Å². The number of anilines is 1. The summed E-state index contributed by atoms with van der Waals surface area (Å²) in [5.74, 6) is -0.0329. The summed E-state index contributed by atoms with van der Waals surface area (Å²) in [6.07, 6.45) is 0. The Morgan fingerprint density at radius 2 is 1.73 bits per heavy atom. The Hall–Kier alpha value is -2.06. The zero-order valence-corrected chi connectivity index (χ0v) is 13.0. The van der Waals surface area contributed by atoms with Gasteiger partial charge in [-0.1, -0.05) is 0 Å². The van der Waals surface area contributed by atoms with Gasteiger partial charge in [0.25, 0.3) is 0 Å². The van der Waals surface area contributed by atoms with Crippen molar-refractivity contribution in [2.45, 2.75) is 6.04 Å². The molecule has 118 valence electrons. The summed E-state index contributed by atoms with van der Waals surface area (Å²) in [7, 11) is 2.48. The number of thioether (sulfide) groups is 1. The lowest BCUT2D eigenvalue weighted by Crippen LogP contribution is -2.37. The van der Waals surface area contributed by atoms with Crippen molar-refractivity contribution in [3.63, 3.8) is 0 Å². The summed E-state index contributed by atoms with van der Waals surface area (Å²) < 4.78 is 9.29. The average Bonchev–Trinajstić information content (AvgIpc) is 3.07. The molecule has 1 unspecified atom stereocenters. The molecule has 0 aliphatic carbocycles. The van der Waals surface area contributed by atoms with Crippen molar-refractivity contribution in [1.82, 2.24) is 5.32 Å². The van der Waals surface area contributed by atoms with Crippen LogP contribution in [0.25, 0.3) is 0 Å². The third-order valence-electron chi connectivity index (χ3n) is 3.08. The molecule has 1 aromatic carbocycles. The van der Waals surface area contributed by atoms with E-state index in [2.05, 4.69) is 20.1 Å². The first-order chi connectivity index (χ1) is 10.5. The van der Waals surface area contributed by atoms with E-state index in [4.69, 9.17) is 0 Å². The number of esters is 2. The number of methoxy groups -OCH3 is 2. The minimum absolute atomic E-state index is 0.162. The Bertz CT molecular complexity index is 565. The van der Waals surface area contributed by atoms with Crippen LogP contribution in [0.2, 0.25) is 0 Å². The number of carbonyl (C=O) groups is 3. The van der Waals surface area contributed by atoms with E-state index in [0.29, 0.717) is 17.3 Å². The predicted octanol–water partition coefficient (Wildman–Crippen LogP) is 0.861. The van der Waals surface area contributed by atoms with Gasteiger partial charge in [-0.3, -0.25) is 10.1 Å². The van der Waals surface area contributed by atoms with Crippen molar-refractivity contribution >= 4 is 35.3 Å². The van der Waals surface area contributed by atoms with E-state index in [9.17, 15) is 14.4 Å². The number of hydrogen-bond donors (Lipinski definition) is 2. The van der Waals surface area contributed by atoms with E-state index in [1.54, 1.807) is 11.8 Å². The summed E-state index contributed by atoms with van der Waals surface area (Å²) in [4.78, 5) is 35.4. The van der Waals surface area contributed by atoms with E-state index >= 15 is 0 Å². The molecule has 1 aromatic rings. The van der Waals surface area contributed by atoms with Crippen LogP contribution >= 0.6 is 11.8 Å². The molecule has 1 saturated heterocycles. The van der Waals surface area contributed by atoms with Crippen LogP contribution in [-0.2, 0) is 14.3 Å². The average molecular weight is 324 g/mol. The SMILES string of the molecule is COC(=O)c1cc(NC(=O)C2CSCN2)cc(C(=O)OC)c1. The van der Waals surface area contributed by atoms with Gasteiger partial charge in [-0.05, 0) is 18.2 Å². The van der Waals surface area contributed by atoms with Gasteiger partial charge in [0.1, 0.15) is 0 Å². The molecule has 1 aliphatic heterocycles. The molecular formula is C14H16N2O5S. The molecule has 2 rings (SSSR count). The second-order valence-corrected chi connectivity index (χ2v) is 5.57. The van der Waals surface area contributed by atoms with Crippen LogP contribution in [0, 0.1) is 0 Å². The highest BCUT2D eigenvalue weighted by atomic mass is 32.2. The van der Waals surface area contributed by atoms with Gasteiger partial charge in [-0.2, -0.15) is 0 Å². The lowest BCUT2D eigenvalue weighted by molar-refractivity contribution is -0.117. The number of rotatable bonds is 4. The lowest BCUT2D eigenvalue weighted by atomic mass is 10.1. The second kappa shape index (κ2) is 7.28. The van der Waals surface area contributed by atoms with Crippen molar-refractivity contribution in [3.8, 4) is 0 Å². The number of benzene rings is 1. The van der Waals surface area contributed by atoms with Crippen LogP contribution < -0.4 is 10.6 Å². The predicted molar refractivity (Wildman–Crippen MR) is 82.0 cm³/mol. The molecular weight excluding hydrogens is 308 g/mol. The molecule has 1 fully saturated rings. The van der Waals surface area contributed by atoms with Crippen molar-refractivity contribution in [3.05, 3.63) is 29.3 Å². The van der Waals surface area contributed by atoms with Crippen molar-refractivity contribution < 1.29 is 23.9 Å². The lowest BCUT2D eigenvalue weighted by Gasteiger charge is -2.12. The van der Waals surface area contributed by atoms with Crippen molar-refractivity contribution in [2.75, 3.05) is 31.2 Å². The van der Waals surface area contributed by atoms with Crippen LogP contribution in [0.5, 0.6) is 0 Å². The zero-order chi connectivity index (χ0) is 16.1. The third-order valence-corrected chi connectivity index (χ3v) is 4.02. The van der Waals surface area contributed by atoms with Crippen LogP contribution in [0.3, 0.4) is 0 Å². The number of amides is 1. The highest BCUT2D eigenvalue weighted by molar-refractivity contribution is 7.99. The molecule has 2 N–H and O–H groups in total. The van der Waals surface area contributed by atoms with Gasteiger partial charge in [0.2, 0.25) is 5.91 Å². The van der Waals surface area contributed by atoms with E-state index < -0.39 is 11.9 Å². The first kappa shape index (κ1) is 16.3. The van der Waals surface area contributed by atoms with Crippen molar-refractivity contribution in [2.24, 2.45) is 0 Å². The summed E-state index contributed by atoms with van der Waals surface area (Å²) in [5, 5.41) is 5.73. The fraction of sp³-hybridized carbons (Fsp3) is 0.357. The maximum atomic E-state index is 12.1. The Balaban J connectivity index is 2.26. The van der Waals surface area contributed by atoms with Crippen LogP contribution in [0.4, 0.5) is 5.69 Å². The maximum absolute atomic E-state index is 12.1. The van der Waals surface area contributed by atoms with Gasteiger partial charge in [0, 0.05) is 17.3 Å². The molecule has 8 heteroatoms. The fourth-order valence-electron chi connectivity index (χ4n) is 1.96. The topological polar surface area (TPSA) is 93.7 Å². The van der Waals surface area contributed by atoms with E-state index in [-0.39, 0.29) is 23.1 Å². The molecule has 1 aliphatic rings. The molecule has 0 aromatic heterocycles. The van der Waals surface area contributed by atoms with E-state index in [1.807, 2.05) is 0 Å². The van der Waals surface area contributed by atoms with E-state index in [1.165, 1.54) is 32.4 Å². The highest BCUT2D eigenvalue weighted by Gasteiger charge is 2.23. The molecule has 0 spiro atoms. The monoisotopic (exact) mass is 324 g/mol. The van der Waals surface area contributed by atoms with Gasteiger partial charge >= 0.3 is 11.9 Å². The largest absolute Gasteiger partial charge is 0.465 e. The zero-order valence-electron chi connectivity index (χ0n) is 12.2. The smallest absolute Gasteiger partial charge is 0.337 e. The number of nitrogens with one attached hydrogen (secondary N) is 2. The molecule has 7 nitrogen and oxygen atoms in total. The molecule has 0 radical (unpaired) electrons. The van der Waals surface area contributed by atoms with Gasteiger partial charge in [-0.25, -0.2) is 9.59 Å². The second-order valence-electron chi connectivity index (χ2n) is 4.54. The summed E-state index contributed by atoms with van der Waals surface area (Å²) in [5.41, 5.74) is 0.663. The van der Waals surface area contributed by atoms with Crippen LogP contribution in [-0.4, -0.2) is 49.7 Å². The minimum Gasteiger partial charge on any atom is -0.465 e. The van der Waals surface area contributed by atoms with Gasteiger partial charge in [0.05, 0.1) is 31.4 Å². The number of carbonyl (C=O) groups excluding carboxylic acids is 3. The van der Waals surface area contributed by atoms with Gasteiger partial charge < -0.3 is 14.8 Å². The standard InChI is InChI=1S/C14H16N2O5S/c1-20-13(18)8-3-9(14(19)21-2)5-10(4-8)16-12(17)11-6-22-7-15-11/h3-5,11,15H,6-7H2,1-2H3,(H,16,17). The Kier molecular flexibility index (Phi) is 5.40. The Morgan fingerprint density at radius 3 is 2.18 bits per heavy atom. The third kappa shape index (κ3) is 3.77. The molecule has 1 atom stereocenters. The summed E-state index contributed by atoms with van der Waals surface area (Å²) in [6.45, 7) is 0. The van der Waals surface area contributed by atoms with Gasteiger partial charge in [-0.15, -0.1) is 11.8 Å². The molecule has 0 bridgehead atoms. The molecule has 22 heavy (non-hydrogen) atoms. The fourth-order valence-corrected chi connectivity index (χ4v) is 2.91. The number of hydrogen-bond acceptors (Lipinski definition) is 7. The number of ether oxygens (including phenoxy) is 2. The Morgan fingerprint density at radius 1 is 1.14 bits per heavy atom. The minimum atomic E-state index is -0.601. The molecule has 1 amide bonds. The maximum Gasteiger partial charge on any atom is 0.337 e. The Labute approximate surface area is 131 Å². The summed E-state index contributed by atoms with van der Waals surface area (Å²) in [6, 6.07) is 3.97. The molecule has 1 heterocycles. The van der Waals surface area contributed by atoms with E-state index in [0.717, 1.165) is 0 Å². The first-order valence-corrected chi connectivity index (χ1v) is 7.64. The van der Waals surface area contributed by atoms with Crippen molar-refractivity contribution in [1.29, 1.82) is 0 Å². The summed E-state index contributed by atoms with van der Waals surface area (Å²) >= 11 is 1.62. The van der Waals surface area contributed by atoms with Crippen LogP contribution in [0.15, 0.2) is 18.2 Å².